The van der Waals surface area contributed by atoms with E-state index in [9.17, 15) is 4.79 Å². The lowest BCUT2D eigenvalue weighted by molar-refractivity contribution is 0.102. The normalized spacial score (nSPS) is 10.3. The van der Waals surface area contributed by atoms with Crippen molar-refractivity contribution in [2.75, 3.05) is 5.32 Å². The van der Waals surface area contributed by atoms with Gasteiger partial charge in [-0.1, -0.05) is 29.8 Å². The molecule has 3 aromatic rings. The third kappa shape index (κ3) is 2.98. The van der Waals surface area contributed by atoms with Crippen molar-refractivity contribution in [3.8, 4) is 5.69 Å². The largest absolute Gasteiger partial charge is 0.324 e. The summed E-state index contributed by atoms with van der Waals surface area (Å²) in [6.45, 7) is 0. The zero-order valence-corrected chi connectivity index (χ0v) is 11.9. The molecule has 0 unspecified atom stereocenters. The van der Waals surface area contributed by atoms with E-state index in [1.807, 2.05) is 65.5 Å². The van der Waals surface area contributed by atoms with Gasteiger partial charge in [-0.25, -0.2) is 0 Å². The van der Waals surface area contributed by atoms with Crippen LogP contribution in [0.2, 0.25) is 5.02 Å². The maximum Gasteiger partial charge on any atom is 0.257 e. The minimum atomic E-state index is -0.222. The van der Waals surface area contributed by atoms with Gasteiger partial charge in [0.2, 0.25) is 0 Å². The van der Waals surface area contributed by atoms with Crippen molar-refractivity contribution in [2.45, 2.75) is 0 Å². The van der Waals surface area contributed by atoms with E-state index in [-0.39, 0.29) is 5.91 Å². The molecule has 0 fully saturated rings. The zero-order chi connectivity index (χ0) is 14.7. The number of hydrogen-bond donors (Lipinski definition) is 1. The van der Waals surface area contributed by atoms with Gasteiger partial charge in [-0.05, 0) is 42.5 Å². The number of carbonyl (C=O) groups excluding carboxylic acids is 1. The SMILES string of the molecule is O=C(Nc1ccccc1)c1cc(-n2cccc2)ccc1Cl. The first-order valence-corrected chi connectivity index (χ1v) is 6.91. The van der Waals surface area contributed by atoms with E-state index < -0.39 is 0 Å². The summed E-state index contributed by atoms with van der Waals surface area (Å²) >= 11 is 6.15. The van der Waals surface area contributed by atoms with Gasteiger partial charge in [-0.3, -0.25) is 4.79 Å². The van der Waals surface area contributed by atoms with Gasteiger partial charge < -0.3 is 9.88 Å². The molecule has 1 aromatic heterocycles. The predicted octanol–water partition coefficient (Wildman–Crippen LogP) is 4.38. The molecular formula is C17H13ClN2O. The first-order chi connectivity index (χ1) is 10.2. The predicted molar refractivity (Wildman–Crippen MR) is 85.2 cm³/mol. The van der Waals surface area contributed by atoms with Crippen LogP contribution in [0, 0.1) is 0 Å². The number of carbonyl (C=O) groups is 1. The molecule has 0 aliphatic rings. The summed E-state index contributed by atoms with van der Waals surface area (Å²) in [5.74, 6) is -0.222. The number of anilines is 1. The van der Waals surface area contributed by atoms with Crippen LogP contribution in [0.4, 0.5) is 5.69 Å². The maximum absolute atomic E-state index is 12.4. The summed E-state index contributed by atoms with van der Waals surface area (Å²) in [7, 11) is 0. The van der Waals surface area contributed by atoms with Crippen molar-refractivity contribution < 1.29 is 4.79 Å². The molecule has 0 saturated heterocycles. The minimum Gasteiger partial charge on any atom is -0.324 e. The molecule has 0 aliphatic carbocycles. The Balaban J connectivity index is 1.91. The van der Waals surface area contributed by atoms with E-state index in [2.05, 4.69) is 5.32 Å². The van der Waals surface area contributed by atoms with Gasteiger partial charge in [0.15, 0.2) is 0 Å². The number of nitrogens with zero attached hydrogens (tertiary/aromatic N) is 1. The number of aromatic nitrogens is 1. The molecule has 21 heavy (non-hydrogen) atoms. The molecule has 1 heterocycles. The smallest absolute Gasteiger partial charge is 0.257 e. The Hall–Kier alpha value is -2.52. The second-order valence-electron chi connectivity index (χ2n) is 4.57. The highest BCUT2D eigenvalue weighted by molar-refractivity contribution is 6.34. The van der Waals surface area contributed by atoms with Crippen LogP contribution in [-0.4, -0.2) is 10.5 Å². The molecule has 0 bridgehead atoms. The van der Waals surface area contributed by atoms with E-state index in [0.717, 1.165) is 11.4 Å². The Labute approximate surface area is 127 Å². The third-order valence-corrected chi connectivity index (χ3v) is 3.46. The highest BCUT2D eigenvalue weighted by Crippen LogP contribution is 2.21. The fourth-order valence-corrected chi connectivity index (χ4v) is 2.28. The molecule has 104 valence electrons. The van der Waals surface area contributed by atoms with Crippen LogP contribution in [0.5, 0.6) is 0 Å². The van der Waals surface area contributed by atoms with Crippen molar-refractivity contribution in [3.05, 3.63) is 83.6 Å². The standard InChI is InChI=1S/C17H13ClN2O/c18-16-9-8-14(20-10-4-5-11-20)12-15(16)17(21)19-13-6-2-1-3-7-13/h1-12H,(H,19,21). The van der Waals surface area contributed by atoms with Gasteiger partial charge in [-0.15, -0.1) is 0 Å². The van der Waals surface area contributed by atoms with Crippen molar-refractivity contribution in [1.29, 1.82) is 0 Å². The Morgan fingerprint density at radius 2 is 1.67 bits per heavy atom. The average Bonchev–Trinajstić information content (AvgIpc) is 3.03. The van der Waals surface area contributed by atoms with E-state index in [1.54, 1.807) is 12.1 Å². The molecule has 4 heteroatoms. The van der Waals surface area contributed by atoms with Gasteiger partial charge >= 0.3 is 0 Å². The highest BCUT2D eigenvalue weighted by atomic mass is 35.5. The van der Waals surface area contributed by atoms with Crippen LogP contribution < -0.4 is 5.32 Å². The topological polar surface area (TPSA) is 34.0 Å². The van der Waals surface area contributed by atoms with E-state index >= 15 is 0 Å². The first kappa shape index (κ1) is 13.5. The van der Waals surface area contributed by atoms with Crippen LogP contribution in [0.1, 0.15) is 10.4 Å². The van der Waals surface area contributed by atoms with Crippen LogP contribution >= 0.6 is 11.6 Å². The number of benzene rings is 2. The summed E-state index contributed by atoms with van der Waals surface area (Å²) in [4.78, 5) is 12.4. The molecule has 2 aromatic carbocycles. The number of hydrogen-bond acceptors (Lipinski definition) is 1. The van der Waals surface area contributed by atoms with E-state index in [4.69, 9.17) is 11.6 Å². The lowest BCUT2D eigenvalue weighted by Gasteiger charge is -2.09. The number of para-hydroxylation sites is 1. The number of halogens is 1. The minimum absolute atomic E-state index is 0.222. The second kappa shape index (κ2) is 5.85. The fraction of sp³-hybridized carbons (Fsp3) is 0. The van der Waals surface area contributed by atoms with Gasteiger partial charge in [0, 0.05) is 23.8 Å². The molecule has 0 radical (unpaired) electrons. The monoisotopic (exact) mass is 296 g/mol. The first-order valence-electron chi connectivity index (χ1n) is 6.53. The van der Waals surface area contributed by atoms with Crippen LogP contribution in [0.25, 0.3) is 5.69 Å². The zero-order valence-electron chi connectivity index (χ0n) is 11.2. The summed E-state index contributed by atoms with van der Waals surface area (Å²) in [5, 5.41) is 3.27. The van der Waals surface area contributed by atoms with Gasteiger partial charge in [0.25, 0.3) is 5.91 Å². The number of amides is 1. The van der Waals surface area contributed by atoms with Crippen molar-refractivity contribution in [3.63, 3.8) is 0 Å². The second-order valence-corrected chi connectivity index (χ2v) is 4.98. The van der Waals surface area contributed by atoms with Crippen molar-refractivity contribution in [2.24, 2.45) is 0 Å². The number of rotatable bonds is 3. The third-order valence-electron chi connectivity index (χ3n) is 3.13. The molecule has 0 atom stereocenters. The van der Waals surface area contributed by atoms with Gasteiger partial charge in [-0.2, -0.15) is 0 Å². The van der Waals surface area contributed by atoms with Crippen molar-refractivity contribution >= 4 is 23.2 Å². The van der Waals surface area contributed by atoms with Crippen LogP contribution in [-0.2, 0) is 0 Å². The Bertz CT molecular complexity index is 752. The van der Waals surface area contributed by atoms with Crippen LogP contribution in [0.15, 0.2) is 73.1 Å². The molecule has 3 nitrogen and oxygen atoms in total. The quantitative estimate of drug-likeness (QED) is 0.764. The summed E-state index contributed by atoms with van der Waals surface area (Å²) in [6, 6.07) is 18.6. The lowest BCUT2D eigenvalue weighted by Crippen LogP contribution is -2.12. The fourth-order valence-electron chi connectivity index (χ4n) is 2.07. The summed E-state index contributed by atoms with van der Waals surface area (Å²) < 4.78 is 1.93. The summed E-state index contributed by atoms with van der Waals surface area (Å²) in [5.41, 5.74) is 2.08. The Morgan fingerprint density at radius 3 is 2.38 bits per heavy atom. The lowest BCUT2D eigenvalue weighted by atomic mass is 10.1. The van der Waals surface area contributed by atoms with E-state index in [0.29, 0.717) is 10.6 Å². The molecule has 0 spiro atoms. The highest BCUT2D eigenvalue weighted by Gasteiger charge is 2.12. The maximum atomic E-state index is 12.4. The van der Waals surface area contributed by atoms with Gasteiger partial charge in [0.05, 0.1) is 10.6 Å². The molecule has 1 N–H and O–H groups in total. The molecule has 3 rings (SSSR count). The Morgan fingerprint density at radius 1 is 0.952 bits per heavy atom. The number of nitrogens with one attached hydrogen (secondary N) is 1. The Kier molecular flexibility index (Phi) is 3.75. The molecule has 0 aliphatic heterocycles. The molecule has 0 saturated carbocycles. The average molecular weight is 297 g/mol. The van der Waals surface area contributed by atoms with Crippen LogP contribution in [0.3, 0.4) is 0 Å². The molecular weight excluding hydrogens is 284 g/mol. The summed E-state index contributed by atoms with van der Waals surface area (Å²) in [6.07, 6.45) is 3.84. The van der Waals surface area contributed by atoms with Crippen molar-refractivity contribution in [1.82, 2.24) is 4.57 Å². The molecule has 1 amide bonds. The van der Waals surface area contributed by atoms with Gasteiger partial charge in [0.1, 0.15) is 0 Å². The van der Waals surface area contributed by atoms with E-state index in [1.165, 1.54) is 0 Å².